The van der Waals surface area contributed by atoms with Gasteiger partial charge in [0.2, 0.25) is 5.88 Å². The molecule has 94 valence electrons. The van der Waals surface area contributed by atoms with E-state index >= 15 is 0 Å². The zero-order chi connectivity index (χ0) is 13.0. The van der Waals surface area contributed by atoms with Gasteiger partial charge in [-0.3, -0.25) is 0 Å². The molecule has 0 aliphatic carbocycles. The number of halogens is 1. The van der Waals surface area contributed by atoms with Crippen LogP contribution in [0.5, 0.6) is 5.88 Å². The molecule has 0 aliphatic rings. The monoisotopic (exact) mass is 246 g/mol. The lowest BCUT2D eigenvalue weighted by atomic mass is 10.1. The molecule has 0 saturated heterocycles. The maximum absolute atomic E-state index is 13.4. The van der Waals surface area contributed by atoms with Crippen LogP contribution in [0.25, 0.3) is 0 Å². The van der Waals surface area contributed by atoms with Gasteiger partial charge in [0.1, 0.15) is 12.4 Å². The van der Waals surface area contributed by atoms with Gasteiger partial charge in [-0.05, 0) is 24.6 Å². The predicted octanol–water partition coefficient (Wildman–Crippen LogP) is 2.82. The van der Waals surface area contributed by atoms with Crippen LogP contribution >= 0.6 is 0 Å². The molecule has 1 heterocycles. The molecule has 0 bridgehead atoms. The highest BCUT2D eigenvalue weighted by Crippen LogP contribution is 2.16. The fraction of sp³-hybridized carbons (Fsp3) is 0.214. The van der Waals surface area contributed by atoms with E-state index in [9.17, 15) is 4.39 Å². The van der Waals surface area contributed by atoms with Gasteiger partial charge in [0.25, 0.3) is 0 Å². The summed E-state index contributed by atoms with van der Waals surface area (Å²) >= 11 is 0. The Morgan fingerprint density at radius 1 is 1.33 bits per heavy atom. The lowest BCUT2D eigenvalue weighted by molar-refractivity contribution is 0.287. The minimum absolute atomic E-state index is 0.0798. The first-order chi connectivity index (χ1) is 8.66. The van der Waals surface area contributed by atoms with Gasteiger partial charge in [-0.25, -0.2) is 9.37 Å². The molecule has 1 aromatic carbocycles. The van der Waals surface area contributed by atoms with E-state index in [4.69, 9.17) is 10.5 Å². The number of pyridine rings is 1. The lowest BCUT2D eigenvalue weighted by Gasteiger charge is -2.09. The summed E-state index contributed by atoms with van der Waals surface area (Å²) in [5, 5.41) is 0. The van der Waals surface area contributed by atoms with Crippen molar-refractivity contribution in [3.05, 3.63) is 59.5 Å². The first kappa shape index (κ1) is 12.5. The van der Waals surface area contributed by atoms with Gasteiger partial charge < -0.3 is 10.5 Å². The summed E-state index contributed by atoms with van der Waals surface area (Å²) in [6.07, 6.45) is 1.63. The van der Waals surface area contributed by atoms with Gasteiger partial charge in [-0.1, -0.05) is 18.2 Å². The van der Waals surface area contributed by atoms with Crippen LogP contribution in [0.4, 0.5) is 4.39 Å². The molecule has 18 heavy (non-hydrogen) atoms. The zero-order valence-electron chi connectivity index (χ0n) is 10.1. The average Bonchev–Trinajstić information content (AvgIpc) is 2.38. The SMILES string of the molecule is C[C@@H](N)c1ccnc(OCc2ccccc2F)c1. The molecule has 2 rings (SSSR count). The van der Waals surface area contributed by atoms with Crippen LogP contribution < -0.4 is 10.5 Å². The molecule has 4 heteroatoms. The first-order valence-corrected chi connectivity index (χ1v) is 5.74. The Hall–Kier alpha value is -1.94. The van der Waals surface area contributed by atoms with E-state index in [0.717, 1.165) is 5.56 Å². The second-order valence-corrected chi connectivity index (χ2v) is 4.10. The number of benzene rings is 1. The Labute approximate surface area is 105 Å². The summed E-state index contributed by atoms with van der Waals surface area (Å²) < 4.78 is 18.8. The van der Waals surface area contributed by atoms with Crippen LogP contribution in [0.2, 0.25) is 0 Å². The van der Waals surface area contributed by atoms with Crippen molar-refractivity contribution in [2.75, 3.05) is 0 Å². The minimum atomic E-state index is -0.277. The molecular weight excluding hydrogens is 231 g/mol. The third-order valence-corrected chi connectivity index (χ3v) is 2.62. The Balaban J connectivity index is 2.07. The summed E-state index contributed by atoms with van der Waals surface area (Å²) in [4.78, 5) is 4.07. The van der Waals surface area contributed by atoms with E-state index in [1.807, 2.05) is 13.0 Å². The van der Waals surface area contributed by atoms with Crippen molar-refractivity contribution in [2.45, 2.75) is 19.6 Å². The fourth-order valence-corrected chi connectivity index (χ4v) is 1.55. The molecule has 0 fully saturated rings. The number of hydrogen-bond acceptors (Lipinski definition) is 3. The number of aromatic nitrogens is 1. The predicted molar refractivity (Wildman–Crippen MR) is 67.6 cm³/mol. The van der Waals surface area contributed by atoms with Crippen molar-refractivity contribution < 1.29 is 9.13 Å². The van der Waals surface area contributed by atoms with Crippen LogP contribution in [0.1, 0.15) is 24.1 Å². The zero-order valence-corrected chi connectivity index (χ0v) is 10.1. The molecule has 0 saturated carbocycles. The van der Waals surface area contributed by atoms with Crippen LogP contribution in [0, 0.1) is 5.82 Å². The smallest absolute Gasteiger partial charge is 0.213 e. The van der Waals surface area contributed by atoms with Crippen LogP contribution in [0.15, 0.2) is 42.6 Å². The van der Waals surface area contributed by atoms with Gasteiger partial charge in [0.15, 0.2) is 0 Å². The normalized spacial score (nSPS) is 12.2. The van der Waals surface area contributed by atoms with Crippen molar-refractivity contribution in [3.8, 4) is 5.88 Å². The molecule has 0 amide bonds. The van der Waals surface area contributed by atoms with Crippen molar-refractivity contribution >= 4 is 0 Å². The highest BCUT2D eigenvalue weighted by Gasteiger charge is 2.05. The summed E-state index contributed by atoms with van der Waals surface area (Å²) in [6.45, 7) is 2.04. The number of rotatable bonds is 4. The second-order valence-electron chi connectivity index (χ2n) is 4.10. The number of nitrogens with zero attached hydrogens (tertiary/aromatic N) is 1. The van der Waals surface area contributed by atoms with Gasteiger partial charge in [-0.2, -0.15) is 0 Å². The summed E-state index contributed by atoms with van der Waals surface area (Å²) in [5.74, 6) is 0.175. The lowest BCUT2D eigenvalue weighted by Crippen LogP contribution is -2.06. The third kappa shape index (κ3) is 3.05. The Morgan fingerprint density at radius 3 is 2.83 bits per heavy atom. The summed E-state index contributed by atoms with van der Waals surface area (Å²) in [5.41, 5.74) is 7.21. The fourth-order valence-electron chi connectivity index (χ4n) is 1.55. The molecule has 2 N–H and O–H groups in total. The molecule has 0 radical (unpaired) electrons. The van der Waals surface area contributed by atoms with E-state index in [0.29, 0.717) is 11.4 Å². The number of ether oxygens (including phenoxy) is 1. The molecule has 0 aliphatic heterocycles. The molecule has 2 aromatic rings. The van der Waals surface area contributed by atoms with Gasteiger partial charge in [0.05, 0.1) is 0 Å². The highest BCUT2D eigenvalue weighted by molar-refractivity contribution is 5.23. The maximum Gasteiger partial charge on any atom is 0.213 e. The Kier molecular flexibility index (Phi) is 3.89. The van der Waals surface area contributed by atoms with E-state index in [1.54, 1.807) is 30.5 Å². The maximum atomic E-state index is 13.4. The third-order valence-electron chi connectivity index (χ3n) is 2.62. The summed E-state index contributed by atoms with van der Waals surface area (Å²) in [7, 11) is 0. The molecule has 1 aromatic heterocycles. The van der Waals surface area contributed by atoms with Gasteiger partial charge >= 0.3 is 0 Å². The quantitative estimate of drug-likeness (QED) is 0.902. The van der Waals surface area contributed by atoms with Crippen molar-refractivity contribution in [1.82, 2.24) is 4.98 Å². The van der Waals surface area contributed by atoms with Crippen LogP contribution in [-0.2, 0) is 6.61 Å². The Bertz CT molecular complexity index is 529. The largest absolute Gasteiger partial charge is 0.473 e. The minimum Gasteiger partial charge on any atom is -0.473 e. The van der Waals surface area contributed by atoms with Crippen molar-refractivity contribution in [2.24, 2.45) is 5.73 Å². The second kappa shape index (κ2) is 5.60. The van der Waals surface area contributed by atoms with E-state index < -0.39 is 0 Å². The van der Waals surface area contributed by atoms with E-state index in [2.05, 4.69) is 4.98 Å². The average molecular weight is 246 g/mol. The first-order valence-electron chi connectivity index (χ1n) is 5.74. The molecule has 0 spiro atoms. The standard InChI is InChI=1S/C14H15FN2O/c1-10(16)11-6-7-17-14(8-11)18-9-12-4-2-3-5-13(12)15/h2-8,10H,9,16H2,1H3/t10-/m1/s1. The highest BCUT2D eigenvalue weighted by atomic mass is 19.1. The number of nitrogens with two attached hydrogens (primary N) is 1. The summed E-state index contributed by atoms with van der Waals surface area (Å²) in [6, 6.07) is 10.0. The number of hydrogen-bond donors (Lipinski definition) is 1. The van der Waals surface area contributed by atoms with Crippen LogP contribution in [0.3, 0.4) is 0 Å². The van der Waals surface area contributed by atoms with E-state index in [1.165, 1.54) is 6.07 Å². The molecular formula is C14H15FN2O. The molecule has 1 atom stereocenters. The molecule has 3 nitrogen and oxygen atoms in total. The van der Waals surface area contributed by atoms with Crippen molar-refractivity contribution in [3.63, 3.8) is 0 Å². The van der Waals surface area contributed by atoms with Gasteiger partial charge in [-0.15, -0.1) is 0 Å². The van der Waals surface area contributed by atoms with Crippen molar-refractivity contribution in [1.29, 1.82) is 0 Å². The van der Waals surface area contributed by atoms with Gasteiger partial charge in [0, 0.05) is 23.9 Å². The van der Waals surface area contributed by atoms with E-state index in [-0.39, 0.29) is 18.5 Å². The van der Waals surface area contributed by atoms with Crippen LogP contribution in [-0.4, -0.2) is 4.98 Å². The Morgan fingerprint density at radius 2 is 2.11 bits per heavy atom. The molecule has 0 unspecified atom stereocenters. The topological polar surface area (TPSA) is 48.1 Å².